The van der Waals surface area contributed by atoms with Gasteiger partial charge < -0.3 is 74.6 Å². The fraction of sp³-hybridized carbons (Fsp3) is 0.946. The second kappa shape index (κ2) is 19.7. The van der Waals surface area contributed by atoms with E-state index in [1.54, 1.807) is 0 Å². The van der Waals surface area contributed by atoms with Crippen molar-refractivity contribution in [2.75, 3.05) is 13.1 Å². The van der Waals surface area contributed by atoms with Gasteiger partial charge in [0.2, 0.25) is 0 Å². The first-order chi connectivity index (χ1) is 28.3. The highest BCUT2D eigenvalue weighted by Gasteiger charge is 2.65. The molecular weight excluding hydrogens is 900 g/mol. The molecule has 0 aliphatic heterocycles. The van der Waals surface area contributed by atoms with E-state index < -0.39 is 102 Å². The van der Waals surface area contributed by atoms with E-state index in [0.717, 1.165) is 51.4 Å². The van der Waals surface area contributed by atoms with Crippen LogP contribution in [0, 0.1) is 40.4 Å². The summed E-state index contributed by atoms with van der Waals surface area (Å²) in [5.74, 6) is 0.264. The molecule has 13 N–H and O–H groups in total. The van der Waals surface area contributed by atoms with Crippen molar-refractivity contribution >= 4 is 42.6 Å². The number of hydrogen-bond acceptors (Lipinski definition) is 11. The number of carbonyl (C=O) groups excluding carboxylic acids is 2. The first-order valence-corrected chi connectivity index (χ1v) is 28.0. The molecule has 62 heavy (non-hydrogen) atoms. The van der Waals surface area contributed by atoms with Crippen molar-refractivity contribution in [3.8, 4) is 0 Å². The van der Waals surface area contributed by atoms with Crippen molar-refractivity contribution in [1.29, 1.82) is 0 Å². The summed E-state index contributed by atoms with van der Waals surface area (Å²) in [6.07, 6.45) is 4.04. The molecule has 362 valence electrons. The molecule has 0 aromatic carbocycles. The van der Waals surface area contributed by atoms with E-state index in [-0.39, 0.29) is 54.5 Å². The number of fused-ring (bicyclic) bond motifs is 5. The van der Waals surface area contributed by atoms with Gasteiger partial charge in [0.1, 0.15) is 12.2 Å². The molecule has 4 saturated carbocycles. The lowest BCUT2D eigenvalue weighted by Gasteiger charge is -2.63. The molecule has 25 heteroatoms. The van der Waals surface area contributed by atoms with Crippen molar-refractivity contribution in [2.24, 2.45) is 40.4 Å². The molecule has 2 amide bonds. The van der Waals surface area contributed by atoms with E-state index in [0.29, 0.717) is 25.7 Å². The van der Waals surface area contributed by atoms with Gasteiger partial charge in [-0.05, 0) is 112 Å². The lowest BCUT2D eigenvalue weighted by molar-refractivity contribution is -0.179. The van der Waals surface area contributed by atoms with Gasteiger partial charge in [0, 0.05) is 31.8 Å². The molecule has 0 bridgehead atoms. The zero-order valence-electron chi connectivity index (χ0n) is 36.0. The van der Waals surface area contributed by atoms with Crippen LogP contribution < -0.4 is 10.6 Å². The van der Waals surface area contributed by atoms with E-state index in [1.807, 2.05) is 6.92 Å². The van der Waals surface area contributed by atoms with Crippen molar-refractivity contribution in [3.05, 3.63) is 0 Å². The summed E-state index contributed by atoms with van der Waals surface area (Å²) in [6, 6.07) is 0. The number of unbranched alkanes of at least 4 members (excludes halogenated alkanes) is 3. The van der Waals surface area contributed by atoms with Crippen LogP contribution in [0.25, 0.3) is 0 Å². The Balaban J connectivity index is 1.50. The zero-order valence-corrected chi connectivity index (χ0v) is 39.5. The quantitative estimate of drug-likeness (QED) is 0.0579. The Morgan fingerprint density at radius 2 is 1.10 bits per heavy atom. The van der Waals surface area contributed by atoms with Crippen LogP contribution in [0.15, 0.2) is 0 Å². The van der Waals surface area contributed by atoms with Gasteiger partial charge in [0.25, 0.3) is 10.2 Å². The molecule has 0 heterocycles. The number of alkyl carbamates (subject to hydrolysis) is 2. The van der Waals surface area contributed by atoms with Crippen molar-refractivity contribution in [3.63, 3.8) is 0 Å². The summed E-state index contributed by atoms with van der Waals surface area (Å²) < 4.78 is 58.9. The second-order valence-electron chi connectivity index (χ2n) is 19.1. The topological polar surface area (TPSA) is 367 Å². The van der Waals surface area contributed by atoms with Crippen LogP contribution in [0.2, 0.25) is 0 Å². The number of ether oxygens (including phenoxy) is 2. The Kier molecular flexibility index (Phi) is 17.0. The standard InChI is InChI=1S/C37H70N2O19P4/c1-5-6-7-8-15-35(4,42)30-12-11-26-25-23-29(58-32(41)39-21-10-17-37(44,61(51,52)53)62(54,55)56)28-22-24(13-18-33(28,2)27(25)14-19-34(26,30)3)57-31(40)38-20-9-16-36(43,59(45,46)47)60(48,49)50/h24-30,42-44H,5-23H2,1-4H3,(H,38,40)(H,39,41)(H2,45,46,47)(H2,48,49,50)(H2,51,52,53)(H2,54,55,56). The number of hydrogen-bond donors (Lipinski definition) is 13. The Bertz CT molecular complexity index is 1740. The Morgan fingerprint density at radius 1 is 0.613 bits per heavy atom. The SMILES string of the molecule is CCCCCCC(C)(O)C1CCC2C3CC(OC(=O)NCCCC(O)(P(=O)(O)O)P(=O)(O)O)C4CC(OC(=O)NCCCC(O)(P(=O)(O)O)P(=O)(O)O)CCC4(C)C3CCC21C. The minimum absolute atomic E-state index is 0.0701. The lowest BCUT2D eigenvalue weighted by Crippen LogP contribution is -2.60. The molecule has 0 aromatic rings. The predicted molar refractivity (Wildman–Crippen MR) is 223 cm³/mol. The van der Waals surface area contributed by atoms with Gasteiger partial charge in [0.05, 0.1) is 5.60 Å². The lowest BCUT2D eigenvalue weighted by atomic mass is 9.43. The van der Waals surface area contributed by atoms with Crippen LogP contribution >= 0.6 is 30.4 Å². The van der Waals surface area contributed by atoms with Crippen LogP contribution in [0.4, 0.5) is 9.59 Å². The summed E-state index contributed by atoms with van der Waals surface area (Å²) in [5, 5.41) is 29.9. The summed E-state index contributed by atoms with van der Waals surface area (Å²) in [5.41, 5.74) is -1.43. The molecule has 4 fully saturated rings. The van der Waals surface area contributed by atoms with Gasteiger partial charge in [-0.25, -0.2) is 9.59 Å². The number of aliphatic hydroxyl groups is 3. The molecule has 0 radical (unpaired) electrons. The molecule has 4 aliphatic carbocycles. The maximum absolute atomic E-state index is 13.4. The third-order valence-corrected chi connectivity index (χ3v) is 23.0. The summed E-state index contributed by atoms with van der Waals surface area (Å²) >= 11 is 0. The van der Waals surface area contributed by atoms with E-state index in [4.69, 9.17) is 9.47 Å². The Morgan fingerprint density at radius 3 is 1.60 bits per heavy atom. The van der Waals surface area contributed by atoms with Gasteiger partial charge in [-0.2, -0.15) is 0 Å². The molecule has 0 aromatic heterocycles. The fourth-order valence-corrected chi connectivity index (χ4v) is 16.4. The second-order valence-corrected chi connectivity index (χ2v) is 27.1. The molecule has 21 nitrogen and oxygen atoms in total. The first-order valence-electron chi connectivity index (χ1n) is 21.6. The largest absolute Gasteiger partial charge is 0.446 e. The van der Waals surface area contributed by atoms with E-state index in [9.17, 15) is 82.3 Å². The average molecular weight is 971 g/mol. The monoisotopic (exact) mass is 970 g/mol. The summed E-state index contributed by atoms with van der Waals surface area (Å²) in [6.45, 7) is 7.83. The van der Waals surface area contributed by atoms with Crippen molar-refractivity contribution < 1.29 is 91.8 Å². The van der Waals surface area contributed by atoms with E-state index in [1.165, 1.54) is 0 Å². The normalized spacial score (nSPS) is 31.8. The Labute approximate surface area is 362 Å². The number of rotatable bonds is 20. The number of carbonyl (C=O) groups is 2. The minimum Gasteiger partial charge on any atom is -0.446 e. The smallest absolute Gasteiger partial charge is 0.407 e. The first kappa shape index (κ1) is 53.6. The third kappa shape index (κ3) is 11.2. The minimum atomic E-state index is -5.70. The number of nitrogens with one attached hydrogen (secondary N) is 2. The van der Waals surface area contributed by atoms with E-state index >= 15 is 0 Å². The van der Waals surface area contributed by atoms with Crippen molar-refractivity contribution in [1.82, 2.24) is 10.6 Å². The summed E-state index contributed by atoms with van der Waals surface area (Å²) in [4.78, 5) is 102. The van der Waals surface area contributed by atoms with Gasteiger partial charge in [-0.1, -0.05) is 46.5 Å². The van der Waals surface area contributed by atoms with Crippen LogP contribution in [0.1, 0.15) is 137 Å². The van der Waals surface area contributed by atoms with Crippen LogP contribution in [0.3, 0.4) is 0 Å². The molecule has 0 spiro atoms. The Hall–Kier alpha value is -0.980. The number of amides is 2. The third-order valence-electron chi connectivity index (χ3n) is 15.2. The van der Waals surface area contributed by atoms with Crippen LogP contribution in [-0.4, -0.2) is 108 Å². The predicted octanol–water partition coefficient (Wildman–Crippen LogP) is 4.73. The highest BCUT2D eigenvalue weighted by Crippen LogP contribution is 2.71. The molecular formula is C37H70N2O19P4. The van der Waals surface area contributed by atoms with Gasteiger partial charge in [-0.3, -0.25) is 18.3 Å². The molecule has 10 unspecified atom stereocenters. The molecule has 4 aliphatic rings. The van der Waals surface area contributed by atoms with Gasteiger partial charge >= 0.3 is 42.6 Å². The maximum Gasteiger partial charge on any atom is 0.407 e. The molecule has 10 atom stereocenters. The van der Waals surface area contributed by atoms with Gasteiger partial charge in [-0.15, -0.1) is 0 Å². The van der Waals surface area contributed by atoms with Crippen molar-refractivity contribution in [2.45, 2.75) is 165 Å². The zero-order chi connectivity index (χ0) is 47.0. The molecule has 4 rings (SSSR count). The highest BCUT2D eigenvalue weighted by atomic mass is 31.2. The van der Waals surface area contributed by atoms with E-state index in [2.05, 4.69) is 31.4 Å². The fourth-order valence-electron chi connectivity index (χ4n) is 11.9. The highest BCUT2D eigenvalue weighted by molar-refractivity contribution is 7.72. The van der Waals surface area contributed by atoms with Crippen LogP contribution in [-0.2, 0) is 27.7 Å². The average Bonchev–Trinajstić information content (AvgIpc) is 3.50. The summed E-state index contributed by atoms with van der Waals surface area (Å²) in [7, 11) is -22.7. The van der Waals surface area contributed by atoms with Crippen LogP contribution in [0.5, 0.6) is 0 Å². The molecule has 0 saturated heterocycles. The maximum atomic E-state index is 13.4. The van der Waals surface area contributed by atoms with Gasteiger partial charge in [0.15, 0.2) is 0 Å².